The standard InChI is InChI=1S/C13H18O2Se/c1-14-12-8-5-9-15-13(12)10-16-11-6-3-2-4-7-11/h2-4,6-7,12-13H,5,8-10H2,1H3/t12-,13+/m1/s1. The molecule has 2 rings (SSSR count). The first-order chi connectivity index (χ1) is 7.90. The Balaban J connectivity index is 1.84. The summed E-state index contributed by atoms with van der Waals surface area (Å²) in [6.45, 7) is 0.898. The van der Waals surface area contributed by atoms with Crippen LogP contribution in [0, 0.1) is 0 Å². The molecule has 1 fully saturated rings. The third-order valence-electron chi connectivity index (χ3n) is 2.84. The van der Waals surface area contributed by atoms with Gasteiger partial charge in [-0.15, -0.1) is 0 Å². The zero-order valence-electron chi connectivity index (χ0n) is 9.59. The molecule has 1 aromatic carbocycles. The molecule has 0 amide bonds. The third kappa shape index (κ3) is 3.32. The second-order valence-corrected chi connectivity index (χ2v) is 6.24. The zero-order chi connectivity index (χ0) is 11.2. The van der Waals surface area contributed by atoms with E-state index in [1.807, 2.05) is 0 Å². The summed E-state index contributed by atoms with van der Waals surface area (Å²) in [7, 11) is 1.79. The van der Waals surface area contributed by atoms with Crippen molar-refractivity contribution in [3.8, 4) is 0 Å². The minimum absolute atomic E-state index is 0.305. The summed E-state index contributed by atoms with van der Waals surface area (Å²) in [6, 6.07) is 10.7. The Bertz CT molecular complexity index is 302. The van der Waals surface area contributed by atoms with E-state index < -0.39 is 0 Å². The topological polar surface area (TPSA) is 18.5 Å². The van der Waals surface area contributed by atoms with Crippen LogP contribution in [0.4, 0.5) is 0 Å². The van der Waals surface area contributed by atoms with Crippen molar-refractivity contribution >= 4 is 19.4 Å². The number of benzene rings is 1. The molecule has 2 nitrogen and oxygen atoms in total. The Morgan fingerprint density at radius 2 is 2.19 bits per heavy atom. The molecule has 1 aliphatic heterocycles. The summed E-state index contributed by atoms with van der Waals surface area (Å²) in [5, 5.41) is 1.12. The van der Waals surface area contributed by atoms with E-state index in [-0.39, 0.29) is 0 Å². The summed E-state index contributed by atoms with van der Waals surface area (Å²) < 4.78 is 12.7. The van der Waals surface area contributed by atoms with Crippen LogP contribution < -0.4 is 4.46 Å². The van der Waals surface area contributed by atoms with Crippen molar-refractivity contribution in [2.24, 2.45) is 0 Å². The molecule has 1 aliphatic rings. The maximum absolute atomic E-state index is 5.79. The molecule has 1 heterocycles. The normalized spacial score (nSPS) is 25.6. The van der Waals surface area contributed by atoms with Gasteiger partial charge in [-0.1, -0.05) is 0 Å². The average Bonchev–Trinajstić information content (AvgIpc) is 2.38. The van der Waals surface area contributed by atoms with Gasteiger partial charge in [0, 0.05) is 0 Å². The Morgan fingerprint density at radius 1 is 1.38 bits per heavy atom. The van der Waals surface area contributed by atoms with Gasteiger partial charge >= 0.3 is 103 Å². The van der Waals surface area contributed by atoms with Crippen molar-refractivity contribution in [3.05, 3.63) is 30.3 Å². The first-order valence-electron chi connectivity index (χ1n) is 5.72. The Kier molecular flexibility index (Phi) is 4.86. The molecule has 3 heteroatoms. The first-order valence-corrected chi connectivity index (χ1v) is 7.79. The van der Waals surface area contributed by atoms with E-state index >= 15 is 0 Å². The van der Waals surface area contributed by atoms with Gasteiger partial charge in [-0.25, -0.2) is 0 Å². The van der Waals surface area contributed by atoms with Crippen LogP contribution in [0.25, 0.3) is 0 Å². The Labute approximate surface area is 103 Å². The zero-order valence-corrected chi connectivity index (χ0v) is 11.3. The Morgan fingerprint density at radius 3 is 2.94 bits per heavy atom. The summed E-state index contributed by atoms with van der Waals surface area (Å²) in [4.78, 5) is 0. The molecule has 0 spiro atoms. The molecule has 0 aromatic heterocycles. The van der Waals surface area contributed by atoms with Crippen molar-refractivity contribution in [1.82, 2.24) is 0 Å². The molecule has 0 bridgehead atoms. The van der Waals surface area contributed by atoms with Crippen molar-refractivity contribution in [3.63, 3.8) is 0 Å². The van der Waals surface area contributed by atoms with E-state index in [0.717, 1.165) is 24.8 Å². The maximum atomic E-state index is 5.79. The van der Waals surface area contributed by atoms with Gasteiger partial charge in [0.1, 0.15) is 0 Å². The van der Waals surface area contributed by atoms with Gasteiger partial charge in [-0.3, -0.25) is 0 Å². The molecule has 0 saturated carbocycles. The molecule has 1 saturated heterocycles. The minimum atomic E-state index is 0.305. The molecule has 0 unspecified atom stereocenters. The van der Waals surface area contributed by atoms with Gasteiger partial charge in [0.2, 0.25) is 0 Å². The van der Waals surface area contributed by atoms with E-state index in [2.05, 4.69) is 30.3 Å². The van der Waals surface area contributed by atoms with E-state index in [0.29, 0.717) is 27.2 Å². The molecule has 0 aliphatic carbocycles. The number of ether oxygens (including phenoxy) is 2. The summed E-state index contributed by atoms with van der Waals surface area (Å²) in [5.74, 6) is 0. The molecule has 0 radical (unpaired) electrons. The summed E-state index contributed by atoms with van der Waals surface area (Å²) >= 11 is 0.500. The number of hydrogen-bond donors (Lipinski definition) is 0. The fourth-order valence-electron chi connectivity index (χ4n) is 1.93. The van der Waals surface area contributed by atoms with E-state index in [1.165, 1.54) is 4.46 Å². The van der Waals surface area contributed by atoms with Crippen LogP contribution in [0.1, 0.15) is 12.8 Å². The summed E-state index contributed by atoms with van der Waals surface area (Å²) in [6.07, 6.45) is 2.89. The molecule has 88 valence electrons. The molecular weight excluding hydrogens is 267 g/mol. The van der Waals surface area contributed by atoms with Crippen molar-refractivity contribution < 1.29 is 9.47 Å². The Hall–Kier alpha value is -0.341. The predicted octanol–water partition coefficient (Wildman–Crippen LogP) is 1.63. The quantitative estimate of drug-likeness (QED) is 0.783. The van der Waals surface area contributed by atoms with Crippen LogP contribution in [0.3, 0.4) is 0 Å². The second kappa shape index (κ2) is 6.41. The third-order valence-corrected chi connectivity index (χ3v) is 5.15. The van der Waals surface area contributed by atoms with Crippen LogP contribution in [0.2, 0.25) is 5.32 Å². The molecule has 1 aromatic rings. The molecule has 16 heavy (non-hydrogen) atoms. The van der Waals surface area contributed by atoms with Crippen LogP contribution in [0.15, 0.2) is 30.3 Å². The molecule has 0 N–H and O–H groups in total. The first kappa shape index (κ1) is 12.1. The fraction of sp³-hybridized carbons (Fsp3) is 0.538. The van der Waals surface area contributed by atoms with Gasteiger partial charge < -0.3 is 0 Å². The monoisotopic (exact) mass is 286 g/mol. The van der Waals surface area contributed by atoms with E-state index in [9.17, 15) is 0 Å². The van der Waals surface area contributed by atoms with Crippen molar-refractivity contribution in [2.75, 3.05) is 13.7 Å². The number of rotatable bonds is 4. The second-order valence-electron chi connectivity index (χ2n) is 3.95. The predicted molar refractivity (Wildman–Crippen MR) is 66.4 cm³/mol. The van der Waals surface area contributed by atoms with Gasteiger partial charge in [0.05, 0.1) is 0 Å². The van der Waals surface area contributed by atoms with Gasteiger partial charge in [-0.05, 0) is 0 Å². The van der Waals surface area contributed by atoms with Crippen molar-refractivity contribution in [1.29, 1.82) is 0 Å². The van der Waals surface area contributed by atoms with Gasteiger partial charge in [0.25, 0.3) is 0 Å². The van der Waals surface area contributed by atoms with Crippen LogP contribution in [-0.4, -0.2) is 40.9 Å². The van der Waals surface area contributed by atoms with E-state index in [1.54, 1.807) is 7.11 Å². The average molecular weight is 285 g/mol. The molecular formula is C13H18O2Se. The molecule has 2 atom stereocenters. The van der Waals surface area contributed by atoms with Crippen LogP contribution in [-0.2, 0) is 9.47 Å². The number of hydrogen-bond acceptors (Lipinski definition) is 2. The van der Waals surface area contributed by atoms with Crippen LogP contribution in [0.5, 0.6) is 0 Å². The van der Waals surface area contributed by atoms with Crippen LogP contribution >= 0.6 is 0 Å². The SMILES string of the molecule is CO[C@@H]1CCCO[C@H]1C[Se]c1ccccc1. The van der Waals surface area contributed by atoms with Crippen molar-refractivity contribution in [2.45, 2.75) is 30.4 Å². The summed E-state index contributed by atoms with van der Waals surface area (Å²) in [5.41, 5.74) is 0. The van der Waals surface area contributed by atoms with E-state index in [4.69, 9.17) is 9.47 Å². The number of methoxy groups -OCH3 is 1. The van der Waals surface area contributed by atoms with Gasteiger partial charge in [-0.2, -0.15) is 0 Å². The van der Waals surface area contributed by atoms with Gasteiger partial charge in [0.15, 0.2) is 0 Å². The fourth-order valence-corrected chi connectivity index (χ4v) is 4.07.